The third-order valence-corrected chi connectivity index (χ3v) is 5.93. The van der Waals surface area contributed by atoms with Crippen LogP contribution < -0.4 is 0 Å². The molecule has 2 atom stereocenters. The normalized spacial score (nSPS) is 22.1. The summed E-state index contributed by atoms with van der Waals surface area (Å²) in [6.07, 6.45) is 2.39. The van der Waals surface area contributed by atoms with E-state index >= 15 is 0 Å². The van der Waals surface area contributed by atoms with Crippen LogP contribution in [-0.4, -0.2) is 42.1 Å². The van der Waals surface area contributed by atoms with Crippen LogP contribution in [0.3, 0.4) is 0 Å². The van der Waals surface area contributed by atoms with E-state index in [0.29, 0.717) is 18.5 Å². The molecule has 1 fully saturated rings. The topological polar surface area (TPSA) is 77.8 Å². The lowest BCUT2D eigenvalue weighted by Gasteiger charge is -2.34. The summed E-state index contributed by atoms with van der Waals surface area (Å²) in [5.74, 6) is 0. The molecule has 21 heavy (non-hydrogen) atoms. The Balaban J connectivity index is 2.33. The minimum Gasteiger partial charge on any atom is -0.396 e. The fourth-order valence-electron chi connectivity index (χ4n) is 2.80. The first-order valence-corrected chi connectivity index (χ1v) is 8.81. The first-order chi connectivity index (χ1) is 9.96. The molecule has 2 rings (SSSR count). The van der Waals surface area contributed by atoms with Gasteiger partial charge in [-0.15, -0.1) is 0 Å². The highest BCUT2D eigenvalue weighted by Gasteiger charge is 2.33. The molecular weight excluding hydrogens is 290 g/mol. The van der Waals surface area contributed by atoms with Crippen LogP contribution in [0.25, 0.3) is 0 Å². The van der Waals surface area contributed by atoms with Crippen LogP contribution in [0.5, 0.6) is 0 Å². The van der Waals surface area contributed by atoms with Gasteiger partial charge in [0.1, 0.15) is 0 Å². The molecule has 0 bridgehead atoms. The smallest absolute Gasteiger partial charge is 0.243 e. The summed E-state index contributed by atoms with van der Waals surface area (Å²) < 4.78 is 27.1. The average molecular weight is 313 g/mol. The molecule has 2 N–H and O–H groups in total. The summed E-state index contributed by atoms with van der Waals surface area (Å²) in [4.78, 5) is 0.214. The number of nitrogens with zero attached hydrogens (tertiary/aromatic N) is 1. The van der Waals surface area contributed by atoms with Gasteiger partial charge in [-0.25, -0.2) is 8.42 Å². The molecular formula is C15H23NO4S. The van der Waals surface area contributed by atoms with Crippen LogP contribution >= 0.6 is 0 Å². The highest BCUT2D eigenvalue weighted by atomic mass is 32.2. The van der Waals surface area contributed by atoms with Crippen molar-refractivity contribution in [3.8, 4) is 0 Å². The zero-order valence-corrected chi connectivity index (χ0v) is 13.1. The van der Waals surface area contributed by atoms with Gasteiger partial charge in [-0.1, -0.05) is 18.6 Å². The van der Waals surface area contributed by atoms with Crippen molar-refractivity contribution in [2.75, 3.05) is 13.2 Å². The number of aliphatic hydroxyl groups is 2. The Morgan fingerprint density at radius 2 is 2.14 bits per heavy atom. The number of benzene rings is 1. The number of rotatable bonds is 5. The Bertz CT molecular complexity index is 569. The van der Waals surface area contributed by atoms with E-state index in [0.717, 1.165) is 19.3 Å². The fraction of sp³-hybridized carbons (Fsp3) is 0.600. The molecule has 0 saturated carbocycles. The standard InChI is InChI=1S/C15H23NO4S/c1-12(18)13-5-4-7-15(11-13)21(19,20)16-9-3-2-6-14(16)8-10-17/h4-5,7,11-12,14,17-18H,2-3,6,8-10H2,1H3. The van der Waals surface area contributed by atoms with E-state index in [1.165, 1.54) is 10.4 Å². The second-order valence-corrected chi connectivity index (χ2v) is 7.42. The largest absolute Gasteiger partial charge is 0.396 e. The minimum absolute atomic E-state index is 0.00952. The van der Waals surface area contributed by atoms with Gasteiger partial charge >= 0.3 is 0 Å². The van der Waals surface area contributed by atoms with E-state index in [9.17, 15) is 13.5 Å². The fourth-order valence-corrected chi connectivity index (χ4v) is 4.58. The van der Waals surface area contributed by atoms with Gasteiger partial charge in [-0.3, -0.25) is 0 Å². The molecule has 1 heterocycles. The van der Waals surface area contributed by atoms with E-state index in [1.54, 1.807) is 25.1 Å². The van der Waals surface area contributed by atoms with Gasteiger partial charge in [0.25, 0.3) is 0 Å². The number of sulfonamides is 1. The third-order valence-electron chi connectivity index (χ3n) is 3.98. The van der Waals surface area contributed by atoms with Crippen LogP contribution in [0, 0.1) is 0 Å². The number of hydrogen-bond donors (Lipinski definition) is 2. The van der Waals surface area contributed by atoms with Crippen molar-refractivity contribution < 1.29 is 18.6 Å². The first-order valence-electron chi connectivity index (χ1n) is 7.37. The van der Waals surface area contributed by atoms with Crippen LogP contribution in [-0.2, 0) is 10.0 Å². The third kappa shape index (κ3) is 3.63. The van der Waals surface area contributed by atoms with Crippen molar-refractivity contribution >= 4 is 10.0 Å². The van der Waals surface area contributed by atoms with E-state index < -0.39 is 16.1 Å². The van der Waals surface area contributed by atoms with Gasteiger partial charge in [-0.05, 0) is 43.9 Å². The lowest BCUT2D eigenvalue weighted by Crippen LogP contribution is -2.44. The second-order valence-electron chi connectivity index (χ2n) is 5.53. The van der Waals surface area contributed by atoms with Gasteiger partial charge in [0.2, 0.25) is 10.0 Å². The Labute approximate surface area is 126 Å². The Morgan fingerprint density at radius 1 is 1.38 bits per heavy atom. The minimum atomic E-state index is -3.58. The zero-order chi connectivity index (χ0) is 15.5. The van der Waals surface area contributed by atoms with Crippen LogP contribution in [0.4, 0.5) is 0 Å². The van der Waals surface area contributed by atoms with Gasteiger partial charge < -0.3 is 10.2 Å². The molecule has 6 heteroatoms. The summed E-state index contributed by atoms with van der Waals surface area (Å²) in [6.45, 7) is 2.09. The van der Waals surface area contributed by atoms with Crippen LogP contribution in [0.2, 0.25) is 0 Å². The quantitative estimate of drug-likeness (QED) is 0.867. The van der Waals surface area contributed by atoms with Crippen LogP contribution in [0.1, 0.15) is 44.3 Å². The Kier molecular flexibility index (Phi) is 5.37. The van der Waals surface area contributed by atoms with Gasteiger partial charge in [0.15, 0.2) is 0 Å². The van der Waals surface area contributed by atoms with Crippen molar-refractivity contribution in [3.63, 3.8) is 0 Å². The van der Waals surface area contributed by atoms with E-state index in [2.05, 4.69) is 0 Å². The molecule has 1 aliphatic heterocycles. The molecule has 0 radical (unpaired) electrons. The van der Waals surface area contributed by atoms with Crippen molar-refractivity contribution in [3.05, 3.63) is 29.8 Å². The van der Waals surface area contributed by atoms with Gasteiger partial charge in [-0.2, -0.15) is 4.31 Å². The summed E-state index contributed by atoms with van der Waals surface area (Å²) in [7, 11) is -3.58. The highest BCUT2D eigenvalue weighted by molar-refractivity contribution is 7.89. The maximum atomic E-state index is 12.8. The first kappa shape index (κ1) is 16.4. The Morgan fingerprint density at radius 3 is 2.81 bits per heavy atom. The molecule has 1 aromatic rings. The lowest BCUT2D eigenvalue weighted by atomic mass is 10.0. The molecule has 0 amide bonds. The highest BCUT2D eigenvalue weighted by Crippen LogP contribution is 2.28. The average Bonchev–Trinajstić information content (AvgIpc) is 2.48. The van der Waals surface area contributed by atoms with Crippen molar-refractivity contribution in [2.24, 2.45) is 0 Å². The molecule has 0 aromatic heterocycles. The maximum Gasteiger partial charge on any atom is 0.243 e. The second kappa shape index (κ2) is 6.87. The molecule has 1 aliphatic rings. The van der Waals surface area contributed by atoms with Crippen molar-refractivity contribution in [1.29, 1.82) is 0 Å². The molecule has 2 unspecified atom stereocenters. The molecule has 1 saturated heterocycles. The Hall–Kier alpha value is -0.950. The number of hydrogen-bond acceptors (Lipinski definition) is 4. The van der Waals surface area contributed by atoms with E-state index in [-0.39, 0.29) is 17.5 Å². The van der Waals surface area contributed by atoms with Crippen molar-refractivity contribution in [2.45, 2.75) is 49.6 Å². The number of aliphatic hydroxyl groups excluding tert-OH is 2. The number of piperidine rings is 1. The zero-order valence-electron chi connectivity index (χ0n) is 12.3. The SMILES string of the molecule is CC(O)c1cccc(S(=O)(=O)N2CCCCC2CCO)c1. The van der Waals surface area contributed by atoms with Crippen molar-refractivity contribution in [1.82, 2.24) is 4.31 Å². The van der Waals surface area contributed by atoms with E-state index in [4.69, 9.17) is 5.11 Å². The van der Waals surface area contributed by atoms with E-state index in [1.807, 2.05) is 0 Å². The summed E-state index contributed by atoms with van der Waals surface area (Å²) in [6, 6.07) is 6.32. The summed E-state index contributed by atoms with van der Waals surface area (Å²) in [5, 5.41) is 18.8. The predicted octanol–water partition coefficient (Wildman–Crippen LogP) is 1.67. The summed E-state index contributed by atoms with van der Waals surface area (Å²) in [5.41, 5.74) is 0.590. The molecule has 0 aliphatic carbocycles. The molecule has 5 nitrogen and oxygen atoms in total. The van der Waals surface area contributed by atoms with Gasteiger partial charge in [0.05, 0.1) is 11.0 Å². The monoisotopic (exact) mass is 313 g/mol. The molecule has 118 valence electrons. The molecule has 1 aromatic carbocycles. The van der Waals surface area contributed by atoms with Gasteiger partial charge in [0, 0.05) is 19.2 Å². The van der Waals surface area contributed by atoms with Crippen LogP contribution in [0.15, 0.2) is 29.2 Å². The lowest BCUT2D eigenvalue weighted by molar-refractivity contribution is 0.192. The predicted molar refractivity (Wildman–Crippen MR) is 80.3 cm³/mol. The summed E-state index contributed by atoms with van der Waals surface area (Å²) >= 11 is 0. The molecule has 0 spiro atoms. The maximum absolute atomic E-state index is 12.8.